The largest absolute Gasteiger partial charge is 0.493 e. The van der Waals surface area contributed by atoms with E-state index in [0.29, 0.717) is 45.5 Å². The normalized spacial score (nSPS) is 12.2. The Hall–Kier alpha value is -3.25. The molecule has 0 fully saturated rings. The van der Waals surface area contributed by atoms with Crippen molar-refractivity contribution in [3.8, 4) is 11.5 Å². The van der Waals surface area contributed by atoms with Crippen LogP contribution in [-0.4, -0.2) is 25.6 Å². The van der Waals surface area contributed by atoms with Gasteiger partial charge in [-0.25, -0.2) is 4.79 Å². The van der Waals surface area contributed by atoms with E-state index in [1.54, 1.807) is 48.6 Å². The maximum atomic E-state index is 12.7. The molecule has 2 aromatic carbocycles. The van der Waals surface area contributed by atoms with E-state index in [0.717, 1.165) is 12.8 Å². The van der Waals surface area contributed by atoms with Crippen LogP contribution in [0.1, 0.15) is 35.7 Å². The standard InChI is InChI=1S/C23H22ClNO5/c1-3-4-10-30-23(27)15-5-7-19(8-6-15)25-22(26)16-9-11-29-21-17(12-16)13-18(24)14-20(21)28-2/h5-9,11-14H,3-4,10H2,1-2H3,(H,25,26). The maximum Gasteiger partial charge on any atom is 0.338 e. The van der Waals surface area contributed by atoms with Gasteiger partial charge in [-0.1, -0.05) is 24.9 Å². The van der Waals surface area contributed by atoms with Gasteiger partial charge >= 0.3 is 5.97 Å². The number of carbonyl (C=O) groups is 2. The number of halogens is 1. The Labute approximate surface area is 180 Å². The van der Waals surface area contributed by atoms with E-state index >= 15 is 0 Å². The van der Waals surface area contributed by atoms with Crippen LogP contribution in [0, 0.1) is 0 Å². The summed E-state index contributed by atoms with van der Waals surface area (Å²) in [5.74, 6) is 0.239. The Morgan fingerprint density at radius 1 is 1.17 bits per heavy atom. The molecule has 3 rings (SSSR count). The van der Waals surface area contributed by atoms with Gasteiger partial charge in [0.25, 0.3) is 5.91 Å². The summed E-state index contributed by atoms with van der Waals surface area (Å²) in [5.41, 5.74) is 1.98. The fraction of sp³-hybridized carbons (Fsp3) is 0.217. The quantitative estimate of drug-likeness (QED) is 0.483. The molecule has 0 aromatic heterocycles. The fourth-order valence-corrected chi connectivity index (χ4v) is 3.01. The number of hydrogen-bond acceptors (Lipinski definition) is 5. The molecular weight excluding hydrogens is 406 g/mol. The number of unbranched alkanes of at least 4 members (excludes halogenated alkanes) is 1. The zero-order valence-corrected chi connectivity index (χ0v) is 17.5. The van der Waals surface area contributed by atoms with Gasteiger partial charge in [0.05, 0.1) is 25.5 Å². The van der Waals surface area contributed by atoms with Crippen LogP contribution in [0.4, 0.5) is 5.69 Å². The van der Waals surface area contributed by atoms with Gasteiger partial charge in [0, 0.05) is 27.9 Å². The van der Waals surface area contributed by atoms with Crippen LogP contribution in [0.5, 0.6) is 11.5 Å². The molecule has 1 aliphatic rings. The summed E-state index contributed by atoms with van der Waals surface area (Å²) in [7, 11) is 1.52. The molecule has 0 spiro atoms. The summed E-state index contributed by atoms with van der Waals surface area (Å²) in [4.78, 5) is 24.7. The smallest absolute Gasteiger partial charge is 0.338 e. The first-order valence-electron chi connectivity index (χ1n) is 9.52. The number of amides is 1. The molecule has 1 aliphatic heterocycles. The van der Waals surface area contributed by atoms with Gasteiger partial charge < -0.3 is 19.5 Å². The summed E-state index contributed by atoms with van der Waals surface area (Å²) in [6, 6.07) is 9.87. The minimum absolute atomic E-state index is 0.333. The average Bonchev–Trinajstić information content (AvgIpc) is 2.96. The summed E-state index contributed by atoms with van der Waals surface area (Å²) in [6.07, 6.45) is 6.43. The van der Waals surface area contributed by atoms with E-state index in [9.17, 15) is 9.59 Å². The molecule has 2 aromatic rings. The number of nitrogens with one attached hydrogen (secondary N) is 1. The average molecular weight is 428 g/mol. The van der Waals surface area contributed by atoms with Crippen LogP contribution >= 0.6 is 11.6 Å². The third-order valence-electron chi connectivity index (χ3n) is 4.38. The molecule has 1 N–H and O–H groups in total. The molecule has 7 heteroatoms. The molecule has 0 saturated heterocycles. The summed E-state index contributed by atoms with van der Waals surface area (Å²) < 4.78 is 16.1. The molecule has 0 radical (unpaired) electrons. The highest BCUT2D eigenvalue weighted by Gasteiger charge is 2.17. The van der Waals surface area contributed by atoms with Gasteiger partial charge in [-0.15, -0.1) is 0 Å². The van der Waals surface area contributed by atoms with Crippen molar-refractivity contribution in [3.05, 3.63) is 70.5 Å². The molecule has 0 unspecified atom stereocenters. The van der Waals surface area contributed by atoms with Gasteiger partial charge in [0.15, 0.2) is 11.5 Å². The maximum absolute atomic E-state index is 12.7. The Kier molecular flexibility index (Phi) is 7.14. The molecular formula is C23H22ClNO5. The lowest BCUT2D eigenvalue weighted by atomic mass is 10.1. The van der Waals surface area contributed by atoms with Crippen LogP contribution in [0.15, 0.2) is 54.3 Å². The van der Waals surface area contributed by atoms with Gasteiger partial charge in [0.1, 0.15) is 0 Å². The van der Waals surface area contributed by atoms with Crippen molar-refractivity contribution in [2.75, 3.05) is 19.0 Å². The highest BCUT2D eigenvalue weighted by atomic mass is 35.5. The molecule has 0 bridgehead atoms. The minimum Gasteiger partial charge on any atom is -0.493 e. The lowest BCUT2D eigenvalue weighted by Crippen LogP contribution is -2.13. The highest BCUT2D eigenvalue weighted by molar-refractivity contribution is 6.31. The second-order valence-corrected chi connectivity index (χ2v) is 7.00. The lowest BCUT2D eigenvalue weighted by molar-refractivity contribution is -0.112. The van der Waals surface area contributed by atoms with Crippen LogP contribution in [0.2, 0.25) is 5.02 Å². The first-order chi connectivity index (χ1) is 14.5. The van der Waals surface area contributed by atoms with E-state index < -0.39 is 0 Å². The van der Waals surface area contributed by atoms with Crippen molar-refractivity contribution in [1.29, 1.82) is 0 Å². The Morgan fingerprint density at radius 2 is 1.93 bits per heavy atom. The second kappa shape index (κ2) is 9.98. The van der Waals surface area contributed by atoms with Gasteiger partial charge in [0.2, 0.25) is 0 Å². The zero-order chi connectivity index (χ0) is 21.5. The van der Waals surface area contributed by atoms with Crippen LogP contribution in [0.3, 0.4) is 0 Å². The van der Waals surface area contributed by atoms with E-state index in [4.69, 9.17) is 25.8 Å². The number of benzene rings is 2. The summed E-state index contributed by atoms with van der Waals surface area (Å²) in [6.45, 7) is 2.42. The summed E-state index contributed by atoms with van der Waals surface area (Å²) >= 11 is 6.13. The van der Waals surface area contributed by atoms with E-state index in [1.807, 2.05) is 6.92 Å². The van der Waals surface area contributed by atoms with Crippen molar-refractivity contribution in [3.63, 3.8) is 0 Å². The first-order valence-corrected chi connectivity index (χ1v) is 9.90. The van der Waals surface area contributed by atoms with Crippen LogP contribution < -0.4 is 14.8 Å². The molecule has 30 heavy (non-hydrogen) atoms. The SMILES string of the molecule is CCCCOC(=O)c1ccc(NC(=O)C2=Cc3cc(Cl)cc(OC)c3OC=C2)cc1. The minimum atomic E-state index is -0.379. The topological polar surface area (TPSA) is 73.9 Å². The number of ether oxygens (including phenoxy) is 3. The molecule has 156 valence electrons. The van der Waals surface area contributed by atoms with E-state index in [-0.39, 0.29) is 11.9 Å². The number of carbonyl (C=O) groups excluding carboxylic acids is 2. The Balaban J connectivity index is 1.73. The van der Waals surface area contributed by atoms with Gasteiger partial charge in [-0.3, -0.25) is 4.79 Å². The third kappa shape index (κ3) is 5.21. The van der Waals surface area contributed by atoms with Crippen LogP contribution in [-0.2, 0) is 9.53 Å². The predicted molar refractivity (Wildman–Crippen MR) is 116 cm³/mol. The molecule has 1 heterocycles. The molecule has 0 aliphatic carbocycles. The van der Waals surface area contributed by atoms with Crippen molar-refractivity contribution >= 4 is 35.2 Å². The Bertz CT molecular complexity index is 995. The number of rotatable bonds is 7. The summed E-state index contributed by atoms with van der Waals surface area (Å²) in [5, 5.41) is 3.27. The molecule has 0 atom stereocenters. The number of hydrogen-bond donors (Lipinski definition) is 1. The second-order valence-electron chi connectivity index (χ2n) is 6.57. The number of fused-ring (bicyclic) bond motifs is 1. The van der Waals surface area contributed by atoms with Gasteiger partial charge in [-0.2, -0.15) is 0 Å². The molecule has 1 amide bonds. The monoisotopic (exact) mass is 427 g/mol. The fourth-order valence-electron chi connectivity index (χ4n) is 2.79. The van der Waals surface area contributed by atoms with Crippen molar-refractivity contribution in [2.45, 2.75) is 19.8 Å². The highest BCUT2D eigenvalue weighted by Crippen LogP contribution is 2.37. The first kappa shape index (κ1) is 21.5. The van der Waals surface area contributed by atoms with Crippen molar-refractivity contribution in [2.24, 2.45) is 0 Å². The van der Waals surface area contributed by atoms with Gasteiger partial charge in [-0.05, 0) is 48.9 Å². The number of esters is 1. The van der Waals surface area contributed by atoms with Crippen molar-refractivity contribution < 1.29 is 23.8 Å². The number of methoxy groups -OCH3 is 1. The van der Waals surface area contributed by atoms with E-state index in [2.05, 4.69) is 5.32 Å². The zero-order valence-electron chi connectivity index (χ0n) is 16.7. The van der Waals surface area contributed by atoms with E-state index in [1.165, 1.54) is 13.4 Å². The van der Waals surface area contributed by atoms with Crippen LogP contribution in [0.25, 0.3) is 6.08 Å². The third-order valence-corrected chi connectivity index (χ3v) is 4.60. The number of anilines is 1. The molecule has 0 saturated carbocycles. The molecule has 6 nitrogen and oxygen atoms in total. The Morgan fingerprint density at radius 3 is 2.63 bits per heavy atom. The lowest BCUT2D eigenvalue weighted by Gasteiger charge is -2.10. The van der Waals surface area contributed by atoms with Crippen molar-refractivity contribution in [1.82, 2.24) is 0 Å². The predicted octanol–water partition coefficient (Wildman–Crippen LogP) is 5.23.